The molecule has 0 rings (SSSR count). The Morgan fingerprint density at radius 1 is 0.941 bits per heavy atom. The number of hydrogen-bond donors (Lipinski definition) is 2. The van der Waals surface area contributed by atoms with Crippen molar-refractivity contribution in [3.8, 4) is 0 Å². The van der Waals surface area contributed by atoms with Gasteiger partial charge in [0.1, 0.15) is 0 Å². The van der Waals surface area contributed by atoms with Crippen LogP contribution in [0, 0.1) is 0 Å². The van der Waals surface area contributed by atoms with Gasteiger partial charge in [-0.25, -0.2) is 0 Å². The molecular formula is C15H32OS. The maximum absolute atomic E-state index is 9.97. The van der Waals surface area contributed by atoms with Crippen molar-refractivity contribution in [2.45, 2.75) is 95.8 Å². The van der Waals surface area contributed by atoms with Gasteiger partial charge in [0.15, 0.2) is 0 Å². The van der Waals surface area contributed by atoms with Gasteiger partial charge in [-0.3, -0.25) is 0 Å². The van der Waals surface area contributed by atoms with E-state index in [9.17, 15) is 5.11 Å². The zero-order chi connectivity index (χ0) is 13.1. The van der Waals surface area contributed by atoms with Gasteiger partial charge >= 0.3 is 0 Å². The fraction of sp³-hybridized carbons (Fsp3) is 1.00. The Labute approximate surface area is 114 Å². The Bertz CT molecular complexity index is 168. The van der Waals surface area contributed by atoms with Gasteiger partial charge < -0.3 is 5.11 Å². The van der Waals surface area contributed by atoms with Crippen LogP contribution in [0.5, 0.6) is 0 Å². The van der Waals surface area contributed by atoms with Crippen LogP contribution >= 0.6 is 12.6 Å². The van der Waals surface area contributed by atoms with E-state index in [1.165, 1.54) is 44.9 Å². The molecule has 0 radical (unpaired) electrons. The molecule has 1 N–H and O–H groups in total. The van der Waals surface area contributed by atoms with Gasteiger partial charge in [-0.05, 0) is 19.8 Å². The molecule has 2 heteroatoms. The number of rotatable bonds is 11. The summed E-state index contributed by atoms with van der Waals surface area (Å²) in [4.78, 5) is 0. The lowest BCUT2D eigenvalue weighted by molar-refractivity contribution is 0.121. The third-order valence-electron chi connectivity index (χ3n) is 3.76. The van der Waals surface area contributed by atoms with Gasteiger partial charge in [0.05, 0.1) is 6.10 Å². The second kappa shape index (κ2) is 10.3. The highest BCUT2D eigenvalue weighted by Gasteiger charge is 2.25. The van der Waals surface area contributed by atoms with Crippen LogP contribution in [0.15, 0.2) is 0 Å². The number of thiol groups is 1. The summed E-state index contributed by atoms with van der Waals surface area (Å²) >= 11 is 4.51. The molecule has 0 saturated heterocycles. The minimum absolute atomic E-state index is 0.207. The lowest BCUT2D eigenvalue weighted by Crippen LogP contribution is -2.32. The highest BCUT2D eigenvalue weighted by molar-refractivity contribution is 7.81. The molecular weight excluding hydrogens is 228 g/mol. The van der Waals surface area contributed by atoms with E-state index in [1.807, 2.05) is 6.92 Å². The molecule has 0 spiro atoms. The summed E-state index contributed by atoms with van der Waals surface area (Å²) in [5.41, 5.74) is 0. The minimum Gasteiger partial charge on any atom is -0.392 e. The second-order valence-electron chi connectivity index (χ2n) is 5.49. The number of unbranched alkanes of at least 4 members (excludes halogenated alkanes) is 7. The van der Waals surface area contributed by atoms with Gasteiger partial charge in [0.2, 0.25) is 0 Å². The maximum atomic E-state index is 9.97. The molecule has 0 aromatic heterocycles. The van der Waals surface area contributed by atoms with E-state index in [2.05, 4.69) is 26.5 Å². The molecule has 0 amide bonds. The standard InChI is InChI=1S/C15H32OS/c1-4-6-7-8-9-10-11-12-13-14(16)15(3,17)5-2/h14,16-17H,4-13H2,1-3H3. The highest BCUT2D eigenvalue weighted by Crippen LogP contribution is 2.26. The van der Waals surface area contributed by atoms with Crippen LogP contribution in [0.3, 0.4) is 0 Å². The molecule has 0 aliphatic carbocycles. The molecule has 0 aliphatic heterocycles. The Morgan fingerprint density at radius 2 is 1.41 bits per heavy atom. The zero-order valence-corrected chi connectivity index (χ0v) is 12.9. The SMILES string of the molecule is CCCCCCCCCCC(O)C(C)(S)CC. The van der Waals surface area contributed by atoms with Crippen LogP contribution < -0.4 is 0 Å². The van der Waals surface area contributed by atoms with Crippen LogP contribution in [0.4, 0.5) is 0 Å². The predicted octanol–water partition coefficient (Wildman–Crippen LogP) is 4.98. The largest absolute Gasteiger partial charge is 0.392 e. The summed E-state index contributed by atoms with van der Waals surface area (Å²) in [6.45, 7) is 6.37. The summed E-state index contributed by atoms with van der Waals surface area (Å²) in [6, 6.07) is 0. The van der Waals surface area contributed by atoms with Crippen molar-refractivity contribution in [3.05, 3.63) is 0 Å². The molecule has 0 aromatic rings. The van der Waals surface area contributed by atoms with E-state index in [4.69, 9.17) is 0 Å². The smallest absolute Gasteiger partial charge is 0.0681 e. The fourth-order valence-corrected chi connectivity index (χ4v) is 2.15. The summed E-state index contributed by atoms with van der Waals surface area (Å²) in [5, 5.41) is 9.97. The van der Waals surface area contributed by atoms with Crippen LogP contribution in [-0.2, 0) is 0 Å². The molecule has 1 nitrogen and oxygen atoms in total. The molecule has 0 saturated carbocycles. The van der Waals surface area contributed by atoms with Crippen molar-refractivity contribution in [1.29, 1.82) is 0 Å². The van der Waals surface area contributed by atoms with Crippen LogP contribution in [0.25, 0.3) is 0 Å². The molecule has 104 valence electrons. The summed E-state index contributed by atoms with van der Waals surface area (Å²) in [5.74, 6) is 0. The van der Waals surface area contributed by atoms with Gasteiger partial charge in [0.25, 0.3) is 0 Å². The molecule has 0 fully saturated rings. The Kier molecular flexibility index (Phi) is 10.4. The third-order valence-corrected chi connectivity index (χ3v) is 4.38. The van der Waals surface area contributed by atoms with Crippen LogP contribution in [0.1, 0.15) is 85.0 Å². The zero-order valence-electron chi connectivity index (χ0n) is 12.0. The van der Waals surface area contributed by atoms with Gasteiger partial charge in [-0.1, -0.05) is 65.2 Å². The lowest BCUT2D eigenvalue weighted by Gasteiger charge is -2.28. The monoisotopic (exact) mass is 260 g/mol. The van der Waals surface area contributed by atoms with Crippen molar-refractivity contribution in [2.75, 3.05) is 0 Å². The molecule has 17 heavy (non-hydrogen) atoms. The molecule has 2 atom stereocenters. The first-order valence-electron chi connectivity index (χ1n) is 7.45. The second-order valence-corrected chi connectivity index (χ2v) is 6.51. The first-order valence-corrected chi connectivity index (χ1v) is 7.89. The Balaban J connectivity index is 3.34. The normalized spacial score (nSPS) is 16.8. The Hall–Kier alpha value is 0.310. The van der Waals surface area contributed by atoms with Crippen molar-refractivity contribution in [3.63, 3.8) is 0 Å². The first-order chi connectivity index (χ1) is 8.04. The highest BCUT2D eigenvalue weighted by atomic mass is 32.1. The third kappa shape index (κ3) is 8.96. The van der Waals surface area contributed by atoms with Crippen LogP contribution in [0.2, 0.25) is 0 Å². The topological polar surface area (TPSA) is 20.2 Å². The summed E-state index contributed by atoms with van der Waals surface area (Å²) < 4.78 is -0.207. The van der Waals surface area contributed by atoms with E-state index in [1.54, 1.807) is 0 Å². The summed E-state index contributed by atoms with van der Waals surface area (Å²) in [7, 11) is 0. The molecule has 0 aromatic carbocycles. The van der Waals surface area contributed by atoms with Crippen molar-refractivity contribution >= 4 is 12.6 Å². The van der Waals surface area contributed by atoms with E-state index >= 15 is 0 Å². The maximum Gasteiger partial charge on any atom is 0.0681 e. The molecule has 0 heterocycles. The van der Waals surface area contributed by atoms with Crippen molar-refractivity contribution in [2.24, 2.45) is 0 Å². The van der Waals surface area contributed by atoms with Gasteiger partial charge in [0, 0.05) is 4.75 Å². The average Bonchev–Trinajstić information content (AvgIpc) is 2.32. The lowest BCUT2D eigenvalue weighted by atomic mass is 9.95. The number of aliphatic hydroxyl groups excluding tert-OH is 1. The van der Waals surface area contributed by atoms with Gasteiger partial charge in [-0.15, -0.1) is 0 Å². The van der Waals surface area contributed by atoms with E-state index in [0.29, 0.717) is 0 Å². The molecule has 0 bridgehead atoms. The Morgan fingerprint density at radius 3 is 1.88 bits per heavy atom. The van der Waals surface area contributed by atoms with Gasteiger partial charge in [-0.2, -0.15) is 12.6 Å². The minimum atomic E-state index is -0.254. The number of aliphatic hydroxyl groups is 1. The average molecular weight is 260 g/mol. The molecule has 2 unspecified atom stereocenters. The van der Waals surface area contributed by atoms with Crippen molar-refractivity contribution in [1.82, 2.24) is 0 Å². The van der Waals surface area contributed by atoms with E-state index < -0.39 is 0 Å². The van der Waals surface area contributed by atoms with E-state index in [0.717, 1.165) is 19.3 Å². The predicted molar refractivity (Wildman–Crippen MR) is 80.9 cm³/mol. The number of hydrogen-bond acceptors (Lipinski definition) is 2. The quantitative estimate of drug-likeness (QED) is 0.397. The molecule has 0 aliphatic rings. The summed E-state index contributed by atoms with van der Waals surface area (Å²) in [6.07, 6.45) is 12.2. The van der Waals surface area contributed by atoms with Crippen molar-refractivity contribution < 1.29 is 5.11 Å². The van der Waals surface area contributed by atoms with E-state index in [-0.39, 0.29) is 10.9 Å². The van der Waals surface area contributed by atoms with Crippen LogP contribution in [-0.4, -0.2) is 16.0 Å². The first kappa shape index (κ1) is 17.3. The fourth-order valence-electron chi connectivity index (χ4n) is 2.02.